The Labute approximate surface area is 147 Å². The molecule has 6 nitrogen and oxygen atoms in total. The first-order chi connectivity index (χ1) is 11.5. The Kier molecular flexibility index (Phi) is 6.78. The quantitative estimate of drug-likeness (QED) is 0.457. The minimum atomic E-state index is 0.829. The third kappa shape index (κ3) is 5.06. The van der Waals surface area contributed by atoms with E-state index < -0.39 is 0 Å². The van der Waals surface area contributed by atoms with Crippen LogP contribution >= 0.6 is 11.3 Å². The molecular weight excluding hydrogens is 322 g/mol. The second kappa shape index (κ2) is 8.82. The second-order valence-corrected chi connectivity index (χ2v) is 7.12. The van der Waals surface area contributed by atoms with Gasteiger partial charge in [0.25, 0.3) is 0 Å². The molecule has 0 aliphatic carbocycles. The molecular formula is C17H27N5OS. The monoisotopic (exact) mass is 349 g/mol. The Balaban J connectivity index is 1.67. The molecule has 2 heterocycles. The SMILES string of the molecule is CN=C(NCCCc1c(C)noc1C)NCCc1nc(C)c(C)s1. The van der Waals surface area contributed by atoms with Crippen molar-refractivity contribution in [3.8, 4) is 0 Å². The lowest BCUT2D eigenvalue weighted by atomic mass is 10.1. The number of aliphatic imine (C=N–C) groups is 1. The van der Waals surface area contributed by atoms with Crippen LogP contribution in [-0.4, -0.2) is 36.2 Å². The summed E-state index contributed by atoms with van der Waals surface area (Å²) in [4.78, 5) is 10.1. The van der Waals surface area contributed by atoms with E-state index in [1.165, 1.54) is 15.4 Å². The molecule has 2 N–H and O–H groups in total. The molecule has 0 spiro atoms. The van der Waals surface area contributed by atoms with Crippen LogP contribution in [-0.2, 0) is 12.8 Å². The summed E-state index contributed by atoms with van der Waals surface area (Å²) in [5.74, 6) is 1.75. The molecule has 2 aromatic heterocycles. The fourth-order valence-electron chi connectivity index (χ4n) is 2.49. The van der Waals surface area contributed by atoms with Crippen LogP contribution in [0, 0.1) is 27.7 Å². The van der Waals surface area contributed by atoms with Crippen molar-refractivity contribution < 1.29 is 4.52 Å². The van der Waals surface area contributed by atoms with E-state index in [0.29, 0.717) is 0 Å². The number of nitrogens with zero attached hydrogens (tertiary/aromatic N) is 3. The molecule has 7 heteroatoms. The summed E-state index contributed by atoms with van der Waals surface area (Å²) < 4.78 is 5.19. The van der Waals surface area contributed by atoms with E-state index in [9.17, 15) is 0 Å². The van der Waals surface area contributed by atoms with Crippen LogP contribution in [0.15, 0.2) is 9.52 Å². The largest absolute Gasteiger partial charge is 0.361 e. The minimum Gasteiger partial charge on any atom is -0.361 e. The average molecular weight is 350 g/mol. The molecule has 0 amide bonds. The number of rotatable bonds is 7. The van der Waals surface area contributed by atoms with E-state index in [4.69, 9.17) is 4.52 Å². The Morgan fingerprint density at radius 2 is 1.83 bits per heavy atom. The summed E-state index contributed by atoms with van der Waals surface area (Å²) in [6.07, 6.45) is 2.89. The summed E-state index contributed by atoms with van der Waals surface area (Å²) in [6.45, 7) is 9.81. The van der Waals surface area contributed by atoms with Crippen molar-refractivity contribution in [2.75, 3.05) is 20.1 Å². The maximum atomic E-state index is 5.19. The first-order valence-electron chi connectivity index (χ1n) is 8.30. The summed E-state index contributed by atoms with van der Waals surface area (Å²) in [6, 6.07) is 0. The van der Waals surface area contributed by atoms with Gasteiger partial charge in [0.1, 0.15) is 5.76 Å². The lowest BCUT2D eigenvalue weighted by Gasteiger charge is -2.11. The molecule has 0 aliphatic heterocycles. The summed E-state index contributed by atoms with van der Waals surface area (Å²) >= 11 is 1.77. The van der Waals surface area contributed by atoms with Gasteiger partial charge in [0, 0.05) is 37.0 Å². The van der Waals surface area contributed by atoms with Gasteiger partial charge in [-0.3, -0.25) is 4.99 Å². The Morgan fingerprint density at radius 1 is 1.08 bits per heavy atom. The van der Waals surface area contributed by atoms with Crippen LogP contribution in [0.2, 0.25) is 0 Å². The number of hydrogen-bond donors (Lipinski definition) is 2. The molecule has 0 radical (unpaired) electrons. The fourth-order valence-corrected chi connectivity index (χ4v) is 3.42. The van der Waals surface area contributed by atoms with Crippen LogP contribution in [0.4, 0.5) is 0 Å². The third-order valence-electron chi connectivity index (χ3n) is 4.00. The van der Waals surface area contributed by atoms with E-state index in [-0.39, 0.29) is 0 Å². The van der Waals surface area contributed by atoms with Gasteiger partial charge in [-0.15, -0.1) is 11.3 Å². The maximum absolute atomic E-state index is 5.19. The Morgan fingerprint density at radius 3 is 2.42 bits per heavy atom. The predicted molar refractivity (Wildman–Crippen MR) is 99.0 cm³/mol. The van der Waals surface area contributed by atoms with Crippen LogP contribution in [0.25, 0.3) is 0 Å². The summed E-state index contributed by atoms with van der Waals surface area (Å²) in [5, 5.41) is 11.8. The normalized spacial score (nSPS) is 11.8. The third-order valence-corrected chi connectivity index (χ3v) is 5.14. The molecule has 0 saturated heterocycles. The Hall–Kier alpha value is -1.89. The van der Waals surface area contributed by atoms with Gasteiger partial charge in [0.2, 0.25) is 0 Å². The van der Waals surface area contributed by atoms with Crippen molar-refractivity contribution in [2.24, 2.45) is 4.99 Å². The minimum absolute atomic E-state index is 0.829. The molecule has 0 bridgehead atoms. The van der Waals surface area contributed by atoms with Crippen LogP contribution in [0.5, 0.6) is 0 Å². The molecule has 0 fully saturated rings. The number of aromatic nitrogens is 2. The van der Waals surface area contributed by atoms with Gasteiger partial charge < -0.3 is 15.2 Å². The van der Waals surface area contributed by atoms with Gasteiger partial charge in [-0.05, 0) is 40.5 Å². The maximum Gasteiger partial charge on any atom is 0.190 e. The fraction of sp³-hybridized carbons (Fsp3) is 0.588. The molecule has 2 rings (SSSR count). The van der Waals surface area contributed by atoms with Crippen molar-refractivity contribution >= 4 is 17.3 Å². The summed E-state index contributed by atoms with van der Waals surface area (Å²) in [5.41, 5.74) is 3.34. The molecule has 24 heavy (non-hydrogen) atoms. The van der Waals surface area contributed by atoms with E-state index in [0.717, 1.165) is 55.5 Å². The average Bonchev–Trinajstić information content (AvgIpc) is 3.04. The molecule has 132 valence electrons. The molecule has 2 aromatic rings. The van der Waals surface area contributed by atoms with Crippen molar-refractivity contribution in [1.82, 2.24) is 20.8 Å². The lowest BCUT2D eigenvalue weighted by Crippen LogP contribution is -2.38. The first-order valence-corrected chi connectivity index (χ1v) is 9.12. The van der Waals surface area contributed by atoms with Crippen LogP contribution in [0.1, 0.15) is 39.0 Å². The Bertz CT molecular complexity index is 650. The zero-order valence-electron chi connectivity index (χ0n) is 15.2. The topological polar surface area (TPSA) is 75.3 Å². The summed E-state index contributed by atoms with van der Waals surface area (Å²) in [7, 11) is 1.79. The van der Waals surface area contributed by atoms with Gasteiger partial charge in [-0.25, -0.2) is 4.98 Å². The highest BCUT2D eigenvalue weighted by Gasteiger charge is 2.08. The van der Waals surface area contributed by atoms with Crippen molar-refractivity contribution in [2.45, 2.75) is 47.0 Å². The highest BCUT2D eigenvalue weighted by molar-refractivity contribution is 7.11. The molecule has 0 unspecified atom stereocenters. The van der Waals surface area contributed by atoms with Crippen LogP contribution < -0.4 is 10.6 Å². The zero-order chi connectivity index (χ0) is 17.5. The van der Waals surface area contributed by atoms with E-state index in [1.807, 2.05) is 13.8 Å². The van der Waals surface area contributed by atoms with Crippen molar-refractivity contribution in [3.63, 3.8) is 0 Å². The highest BCUT2D eigenvalue weighted by Crippen LogP contribution is 2.16. The number of thiazole rings is 1. The van der Waals surface area contributed by atoms with E-state index >= 15 is 0 Å². The first kappa shape index (κ1) is 18.4. The standard InChI is InChI=1S/C17H27N5OS/c1-11-14(4)24-16(21-11)8-10-20-17(18-5)19-9-6-7-15-12(2)22-23-13(15)3/h6-10H2,1-5H3,(H2,18,19,20). The number of nitrogens with one attached hydrogen (secondary N) is 2. The zero-order valence-corrected chi connectivity index (χ0v) is 16.0. The smallest absolute Gasteiger partial charge is 0.190 e. The van der Waals surface area contributed by atoms with Gasteiger partial charge in [-0.2, -0.15) is 0 Å². The van der Waals surface area contributed by atoms with Gasteiger partial charge >= 0.3 is 0 Å². The van der Waals surface area contributed by atoms with Crippen molar-refractivity contribution in [1.29, 1.82) is 0 Å². The molecule has 0 aromatic carbocycles. The lowest BCUT2D eigenvalue weighted by molar-refractivity contribution is 0.392. The molecule has 0 saturated carbocycles. The van der Waals surface area contributed by atoms with Crippen LogP contribution in [0.3, 0.4) is 0 Å². The number of hydrogen-bond acceptors (Lipinski definition) is 5. The van der Waals surface area contributed by atoms with Gasteiger partial charge in [0.15, 0.2) is 5.96 Å². The van der Waals surface area contributed by atoms with Gasteiger partial charge in [0.05, 0.1) is 16.4 Å². The predicted octanol–water partition coefficient (Wildman–Crippen LogP) is 2.71. The van der Waals surface area contributed by atoms with Crippen molar-refractivity contribution in [3.05, 3.63) is 32.6 Å². The molecule has 0 aliphatic rings. The highest BCUT2D eigenvalue weighted by atomic mass is 32.1. The van der Waals surface area contributed by atoms with Gasteiger partial charge in [-0.1, -0.05) is 5.16 Å². The number of guanidine groups is 1. The van der Waals surface area contributed by atoms with E-state index in [2.05, 4.69) is 39.6 Å². The molecule has 0 atom stereocenters. The number of aryl methyl sites for hydroxylation is 4. The second-order valence-electron chi connectivity index (χ2n) is 5.83. The van der Waals surface area contributed by atoms with E-state index in [1.54, 1.807) is 18.4 Å².